The largest absolute Gasteiger partial charge is 0.294 e. The zero-order chi connectivity index (χ0) is 12.1. The van der Waals surface area contributed by atoms with Crippen LogP contribution < -0.4 is 11.3 Å². The quantitative estimate of drug-likeness (QED) is 0.466. The van der Waals surface area contributed by atoms with Crippen LogP contribution in [0.5, 0.6) is 0 Å². The van der Waals surface area contributed by atoms with Crippen molar-refractivity contribution in [2.75, 3.05) is 0 Å². The van der Waals surface area contributed by atoms with E-state index >= 15 is 0 Å². The van der Waals surface area contributed by atoms with Gasteiger partial charge in [0.05, 0.1) is 5.92 Å². The number of amides is 1. The maximum absolute atomic E-state index is 12.8. The Hall–Kier alpha value is -1.42. The van der Waals surface area contributed by atoms with Crippen LogP contribution in [0.3, 0.4) is 0 Å². The highest BCUT2D eigenvalue weighted by Gasteiger charge is 2.20. The van der Waals surface area contributed by atoms with Gasteiger partial charge >= 0.3 is 0 Å². The van der Waals surface area contributed by atoms with Crippen molar-refractivity contribution < 1.29 is 9.18 Å². The van der Waals surface area contributed by atoms with Crippen LogP contribution in [0.15, 0.2) is 24.3 Å². The zero-order valence-corrected chi connectivity index (χ0v) is 9.53. The van der Waals surface area contributed by atoms with Gasteiger partial charge in [0.25, 0.3) is 0 Å². The Labute approximate surface area is 94.8 Å². The van der Waals surface area contributed by atoms with E-state index in [2.05, 4.69) is 5.43 Å². The summed E-state index contributed by atoms with van der Waals surface area (Å²) in [6, 6.07) is 5.95. The van der Waals surface area contributed by atoms with E-state index in [0.29, 0.717) is 12.3 Å². The van der Waals surface area contributed by atoms with Gasteiger partial charge in [0.2, 0.25) is 5.91 Å². The predicted molar refractivity (Wildman–Crippen MR) is 60.9 cm³/mol. The molecule has 1 rings (SSSR count). The first-order valence-electron chi connectivity index (χ1n) is 5.30. The molecule has 1 atom stereocenters. The molecule has 1 aromatic carbocycles. The lowest BCUT2D eigenvalue weighted by Crippen LogP contribution is -2.35. The molecule has 0 saturated carbocycles. The summed E-state index contributed by atoms with van der Waals surface area (Å²) in [5, 5.41) is 0. The summed E-state index contributed by atoms with van der Waals surface area (Å²) in [7, 11) is 0. The second kappa shape index (κ2) is 5.61. The third-order valence-corrected chi connectivity index (χ3v) is 2.44. The molecule has 3 nitrogen and oxygen atoms in total. The number of hydrogen-bond donors (Lipinski definition) is 2. The van der Waals surface area contributed by atoms with Gasteiger partial charge in [-0.15, -0.1) is 0 Å². The molecule has 0 aliphatic carbocycles. The molecule has 0 aliphatic heterocycles. The van der Waals surface area contributed by atoms with Gasteiger partial charge in [0.15, 0.2) is 0 Å². The molecule has 0 aromatic heterocycles. The molecule has 0 saturated heterocycles. The van der Waals surface area contributed by atoms with Gasteiger partial charge in [0.1, 0.15) is 5.82 Å². The van der Waals surface area contributed by atoms with E-state index in [9.17, 15) is 9.18 Å². The second-order valence-electron chi connectivity index (χ2n) is 4.24. The molecule has 4 heteroatoms. The van der Waals surface area contributed by atoms with Gasteiger partial charge in [-0.05, 0) is 30.0 Å². The van der Waals surface area contributed by atoms with Gasteiger partial charge in [0, 0.05) is 0 Å². The first-order chi connectivity index (χ1) is 7.54. The lowest BCUT2D eigenvalue weighted by atomic mass is 9.90. The fourth-order valence-corrected chi connectivity index (χ4v) is 1.66. The number of carbonyl (C=O) groups is 1. The average molecular weight is 224 g/mol. The van der Waals surface area contributed by atoms with Crippen molar-refractivity contribution in [1.82, 2.24) is 5.43 Å². The smallest absolute Gasteiger partial charge is 0.241 e. The van der Waals surface area contributed by atoms with Crippen molar-refractivity contribution in [1.29, 1.82) is 0 Å². The second-order valence-corrected chi connectivity index (χ2v) is 4.24. The Kier molecular flexibility index (Phi) is 4.43. The predicted octanol–water partition coefficient (Wildman–Crippen LogP) is 1.95. The van der Waals surface area contributed by atoms with Gasteiger partial charge in [-0.3, -0.25) is 10.2 Å². The fraction of sp³-hybridized carbons (Fsp3) is 0.417. The lowest BCUT2D eigenvalue weighted by molar-refractivity contribution is -0.123. The number of rotatable bonds is 4. The molecule has 3 N–H and O–H groups in total. The first-order valence-corrected chi connectivity index (χ1v) is 5.30. The standard InChI is InChI=1S/C12H17FN2O/c1-8(2)7-11(12(16)15-14)9-3-5-10(13)6-4-9/h3-6,8,11H,7,14H2,1-2H3,(H,15,16). The maximum atomic E-state index is 12.8. The van der Waals surface area contributed by atoms with Crippen LogP contribution in [0.1, 0.15) is 31.7 Å². The van der Waals surface area contributed by atoms with Gasteiger partial charge < -0.3 is 0 Å². The Morgan fingerprint density at radius 3 is 2.38 bits per heavy atom. The summed E-state index contributed by atoms with van der Waals surface area (Å²) in [5.41, 5.74) is 2.94. The Morgan fingerprint density at radius 2 is 1.94 bits per heavy atom. The van der Waals surface area contributed by atoms with Crippen molar-refractivity contribution in [3.8, 4) is 0 Å². The van der Waals surface area contributed by atoms with E-state index in [1.165, 1.54) is 12.1 Å². The van der Waals surface area contributed by atoms with Crippen LogP contribution >= 0.6 is 0 Å². The highest BCUT2D eigenvalue weighted by atomic mass is 19.1. The number of benzene rings is 1. The van der Waals surface area contributed by atoms with E-state index < -0.39 is 0 Å². The van der Waals surface area contributed by atoms with Crippen LogP contribution in [-0.4, -0.2) is 5.91 Å². The van der Waals surface area contributed by atoms with E-state index in [0.717, 1.165) is 5.56 Å². The molecule has 0 bridgehead atoms. The molecule has 1 aromatic rings. The minimum absolute atomic E-state index is 0.236. The van der Waals surface area contributed by atoms with Gasteiger partial charge in [-0.1, -0.05) is 26.0 Å². The SMILES string of the molecule is CC(C)CC(C(=O)NN)c1ccc(F)cc1. The summed E-state index contributed by atoms with van der Waals surface area (Å²) < 4.78 is 12.8. The molecule has 0 fully saturated rings. The fourth-order valence-electron chi connectivity index (χ4n) is 1.66. The van der Waals surface area contributed by atoms with E-state index in [-0.39, 0.29) is 17.6 Å². The molecule has 0 heterocycles. The van der Waals surface area contributed by atoms with Crippen LogP contribution in [-0.2, 0) is 4.79 Å². The van der Waals surface area contributed by atoms with Crippen LogP contribution in [0.4, 0.5) is 4.39 Å². The van der Waals surface area contributed by atoms with Crippen LogP contribution in [0, 0.1) is 11.7 Å². The van der Waals surface area contributed by atoms with Gasteiger partial charge in [-0.2, -0.15) is 0 Å². The monoisotopic (exact) mass is 224 g/mol. The van der Waals surface area contributed by atoms with Crippen molar-refractivity contribution in [2.45, 2.75) is 26.2 Å². The Morgan fingerprint density at radius 1 is 1.38 bits per heavy atom. The number of carbonyl (C=O) groups excluding carboxylic acids is 1. The Bertz CT molecular complexity index is 349. The average Bonchev–Trinajstić information content (AvgIpc) is 2.26. The number of halogens is 1. The summed E-state index contributed by atoms with van der Waals surface area (Å²) in [5.74, 6) is 4.65. The van der Waals surface area contributed by atoms with Crippen LogP contribution in [0.25, 0.3) is 0 Å². The Balaban J connectivity index is 2.91. The first kappa shape index (κ1) is 12.6. The van der Waals surface area contributed by atoms with E-state index in [1.54, 1.807) is 12.1 Å². The number of hydrogen-bond acceptors (Lipinski definition) is 2. The molecular weight excluding hydrogens is 207 g/mol. The molecule has 0 radical (unpaired) electrons. The lowest BCUT2D eigenvalue weighted by Gasteiger charge is -2.17. The van der Waals surface area contributed by atoms with Gasteiger partial charge in [-0.25, -0.2) is 10.2 Å². The summed E-state index contributed by atoms with van der Waals surface area (Å²) in [6.45, 7) is 4.06. The normalized spacial score (nSPS) is 12.6. The summed E-state index contributed by atoms with van der Waals surface area (Å²) in [6.07, 6.45) is 0.689. The van der Waals surface area contributed by atoms with Crippen molar-refractivity contribution in [3.05, 3.63) is 35.6 Å². The topological polar surface area (TPSA) is 55.1 Å². The zero-order valence-electron chi connectivity index (χ0n) is 9.53. The summed E-state index contributed by atoms with van der Waals surface area (Å²) >= 11 is 0. The van der Waals surface area contributed by atoms with Crippen LogP contribution in [0.2, 0.25) is 0 Å². The number of nitrogens with two attached hydrogens (primary N) is 1. The molecule has 1 unspecified atom stereocenters. The number of nitrogens with one attached hydrogen (secondary N) is 1. The van der Waals surface area contributed by atoms with E-state index in [4.69, 9.17) is 5.84 Å². The van der Waals surface area contributed by atoms with Crippen molar-refractivity contribution in [3.63, 3.8) is 0 Å². The highest BCUT2D eigenvalue weighted by Crippen LogP contribution is 2.24. The maximum Gasteiger partial charge on any atom is 0.241 e. The molecule has 0 spiro atoms. The minimum Gasteiger partial charge on any atom is -0.294 e. The molecular formula is C12H17FN2O. The number of hydrazine groups is 1. The molecule has 88 valence electrons. The third-order valence-electron chi connectivity index (χ3n) is 2.44. The molecule has 1 amide bonds. The highest BCUT2D eigenvalue weighted by molar-refractivity contribution is 5.83. The minimum atomic E-state index is -0.314. The molecule has 0 aliphatic rings. The third kappa shape index (κ3) is 3.31. The summed E-state index contributed by atoms with van der Waals surface area (Å²) in [4.78, 5) is 11.6. The molecule has 16 heavy (non-hydrogen) atoms. The van der Waals surface area contributed by atoms with Crippen molar-refractivity contribution >= 4 is 5.91 Å². The van der Waals surface area contributed by atoms with Crippen molar-refractivity contribution in [2.24, 2.45) is 11.8 Å². The van der Waals surface area contributed by atoms with E-state index in [1.807, 2.05) is 13.8 Å².